The minimum absolute atomic E-state index is 0.0593. The van der Waals surface area contributed by atoms with Crippen molar-refractivity contribution in [1.82, 2.24) is 20.2 Å². The molecule has 2 aliphatic heterocycles. The summed E-state index contributed by atoms with van der Waals surface area (Å²) >= 11 is 0. The van der Waals surface area contributed by atoms with E-state index in [4.69, 9.17) is 9.72 Å². The molecular formula is C26H33N5O4. The fourth-order valence-corrected chi connectivity index (χ4v) is 4.99. The zero-order valence-electron chi connectivity index (χ0n) is 20.6. The summed E-state index contributed by atoms with van der Waals surface area (Å²) in [4.78, 5) is 37.2. The molecule has 1 unspecified atom stereocenters. The van der Waals surface area contributed by atoms with Crippen LogP contribution in [0.1, 0.15) is 49.6 Å². The third-order valence-electron chi connectivity index (χ3n) is 7.14. The lowest BCUT2D eigenvalue weighted by molar-refractivity contribution is 0.130. The lowest BCUT2D eigenvalue weighted by Crippen LogP contribution is -2.51. The van der Waals surface area contributed by atoms with Crippen molar-refractivity contribution in [3.8, 4) is 17.0 Å². The van der Waals surface area contributed by atoms with Crippen LogP contribution < -0.4 is 15.0 Å². The van der Waals surface area contributed by atoms with Gasteiger partial charge in [0.2, 0.25) is 0 Å². The van der Waals surface area contributed by atoms with Crippen molar-refractivity contribution in [2.45, 2.75) is 65.0 Å². The highest BCUT2D eigenvalue weighted by Gasteiger charge is 2.37. The highest BCUT2D eigenvalue weighted by molar-refractivity contribution is 5.95. The lowest BCUT2D eigenvalue weighted by Gasteiger charge is -2.32. The highest BCUT2D eigenvalue weighted by atomic mass is 16.5. The Bertz CT molecular complexity index is 1140. The van der Waals surface area contributed by atoms with Gasteiger partial charge < -0.3 is 20.1 Å². The van der Waals surface area contributed by atoms with Crippen LogP contribution >= 0.6 is 0 Å². The Labute approximate surface area is 205 Å². The molecule has 186 valence electrons. The third kappa shape index (κ3) is 4.90. The Kier molecular flexibility index (Phi) is 6.25. The van der Waals surface area contributed by atoms with Crippen LogP contribution in [0.4, 0.5) is 15.4 Å². The maximum absolute atomic E-state index is 13.4. The van der Waals surface area contributed by atoms with Gasteiger partial charge in [-0.15, -0.1) is 0 Å². The zero-order valence-corrected chi connectivity index (χ0v) is 20.6. The predicted octanol–water partition coefficient (Wildman–Crippen LogP) is 4.15. The average molecular weight is 480 g/mol. The van der Waals surface area contributed by atoms with Crippen molar-refractivity contribution < 1.29 is 19.4 Å². The molecule has 1 saturated heterocycles. The van der Waals surface area contributed by atoms with Crippen molar-refractivity contribution in [2.75, 3.05) is 24.6 Å². The Morgan fingerprint density at radius 3 is 2.57 bits per heavy atom. The number of piperidine rings is 1. The van der Waals surface area contributed by atoms with E-state index >= 15 is 0 Å². The van der Waals surface area contributed by atoms with E-state index in [0.29, 0.717) is 56.5 Å². The van der Waals surface area contributed by atoms with E-state index < -0.39 is 6.09 Å². The molecule has 3 heterocycles. The third-order valence-corrected chi connectivity index (χ3v) is 7.14. The fraction of sp³-hybridized carbons (Fsp3) is 0.538. The lowest BCUT2D eigenvalue weighted by atomic mass is 10.0. The molecule has 5 rings (SSSR count). The number of aromatic nitrogens is 2. The van der Waals surface area contributed by atoms with Crippen molar-refractivity contribution in [3.63, 3.8) is 0 Å². The Hall–Kier alpha value is -3.36. The van der Waals surface area contributed by atoms with Crippen LogP contribution in [0.3, 0.4) is 0 Å². The van der Waals surface area contributed by atoms with Crippen molar-refractivity contribution in [3.05, 3.63) is 35.2 Å². The van der Waals surface area contributed by atoms with Gasteiger partial charge in [0.25, 0.3) is 0 Å². The molecule has 1 aromatic heterocycles. The van der Waals surface area contributed by atoms with Gasteiger partial charge in [-0.25, -0.2) is 19.6 Å². The van der Waals surface area contributed by atoms with Gasteiger partial charge in [0.05, 0.1) is 12.3 Å². The first-order valence-corrected chi connectivity index (χ1v) is 12.5. The second kappa shape index (κ2) is 9.36. The Balaban J connectivity index is 1.41. The summed E-state index contributed by atoms with van der Waals surface area (Å²) in [7, 11) is 0. The first-order chi connectivity index (χ1) is 16.8. The topological polar surface area (TPSA) is 108 Å². The molecule has 9 heteroatoms. The average Bonchev–Trinajstić information content (AvgIpc) is 3.59. The molecule has 0 radical (unpaired) electrons. The maximum atomic E-state index is 13.4. The molecule has 1 aromatic carbocycles. The van der Waals surface area contributed by atoms with E-state index in [1.165, 1.54) is 17.7 Å². The minimum Gasteiger partial charge on any atom is -0.493 e. The number of hydrogen-bond donors (Lipinski definition) is 2. The van der Waals surface area contributed by atoms with Crippen molar-refractivity contribution >= 4 is 17.9 Å². The van der Waals surface area contributed by atoms with Gasteiger partial charge in [0, 0.05) is 36.3 Å². The number of anilines is 1. The summed E-state index contributed by atoms with van der Waals surface area (Å²) < 4.78 is 6.20. The largest absolute Gasteiger partial charge is 0.493 e. The number of carbonyl (C=O) groups is 2. The number of nitrogens with zero attached hydrogens (tertiary/aromatic N) is 4. The number of carbonyl (C=O) groups excluding carboxylic acids is 1. The first-order valence-electron chi connectivity index (χ1n) is 12.5. The molecule has 2 aromatic rings. The van der Waals surface area contributed by atoms with Crippen LogP contribution in [0.5, 0.6) is 5.75 Å². The van der Waals surface area contributed by atoms with Gasteiger partial charge in [-0.05, 0) is 70.9 Å². The van der Waals surface area contributed by atoms with Gasteiger partial charge in [-0.1, -0.05) is 11.6 Å². The molecule has 3 amide bonds. The number of rotatable bonds is 5. The maximum Gasteiger partial charge on any atom is 0.407 e. The van der Waals surface area contributed by atoms with E-state index in [9.17, 15) is 14.7 Å². The molecular weight excluding hydrogens is 446 g/mol. The van der Waals surface area contributed by atoms with Crippen LogP contribution in [-0.2, 0) is 6.42 Å². The van der Waals surface area contributed by atoms with Gasteiger partial charge >= 0.3 is 12.1 Å². The number of urea groups is 1. The quantitative estimate of drug-likeness (QED) is 0.667. The SMILES string of the molecule is Cc1ccc(OCC2CC2)c(-c2nc(C)nc3c2CC(C)N3C(=O)NC2CCN(C(=O)O)CC2)c1. The zero-order chi connectivity index (χ0) is 24.7. The Morgan fingerprint density at radius 1 is 1.14 bits per heavy atom. The summed E-state index contributed by atoms with van der Waals surface area (Å²) in [5, 5.41) is 12.3. The number of ether oxygens (including phenoxy) is 1. The summed E-state index contributed by atoms with van der Waals surface area (Å²) in [6, 6.07) is 5.86. The monoisotopic (exact) mass is 479 g/mol. The van der Waals surface area contributed by atoms with E-state index in [-0.39, 0.29) is 18.1 Å². The normalized spacial score (nSPS) is 20.0. The van der Waals surface area contributed by atoms with Gasteiger partial charge in [-0.2, -0.15) is 0 Å². The molecule has 2 fully saturated rings. The van der Waals surface area contributed by atoms with E-state index in [0.717, 1.165) is 28.1 Å². The molecule has 2 N–H and O–H groups in total. The number of carboxylic acid groups (broad SMARTS) is 1. The number of aryl methyl sites for hydroxylation is 2. The number of hydrogen-bond acceptors (Lipinski definition) is 5. The van der Waals surface area contributed by atoms with E-state index in [2.05, 4.69) is 29.4 Å². The van der Waals surface area contributed by atoms with Crippen LogP contribution in [0.15, 0.2) is 18.2 Å². The molecule has 9 nitrogen and oxygen atoms in total. The smallest absolute Gasteiger partial charge is 0.407 e. The van der Waals surface area contributed by atoms with Gasteiger partial charge in [0.15, 0.2) is 0 Å². The van der Waals surface area contributed by atoms with Crippen molar-refractivity contribution in [2.24, 2.45) is 5.92 Å². The van der Waals surface area contributed by atoms with E-state index in [1.54, 1.807) is 4.90 Å². The summed E-state index contributed by atoms with van der Waals surface area (Å²) in [5.41, 5.74) is 3.86. The number of benzene rings is 1. The number of likely N-dealkylation sites (tertiary alicyclic amines) is 1. The minimum atomic E-state index is -0.909. The second-order valence-corrected chi connectivity index (χ2v) is 10.1. The van der Waals surface area contributed by atoms with Crippen LogP contribution in [-0.4, -0.2) is 63.9 Å². The van der Waals surface area contributed by atoms with Crippen LogP contribution in [0, 0.1) is 19.8 Å². The second-order valence-electron chi connectivity index (χ2n) is 10.1. The molecule has 0 bridgehead atoms. The van der Waals surface area contributed by atoms with Crippen LogP contribution in [0.2, 0.25) is 0 Å². The highest BCUT2D eigenvalue weighted by Crippen LogP contribution is 2.41. The molecule has 35 heavy (non-hydrogen) atoms. The van der Waals surface area contributed by atoms with Crippen molar-refractivity contribution in [1.29, 1.82) is 0 Å². The van der Waals surface area contributed by atoms with Crippen LogP contribution in [0.25, 0.3) is 11.3 Å². The number of fused-ring (bicyclic) bond motifs is 1. The summed E-state index contributed by atoms with van der Waals surface area (Å²) in [5.74, 6) is 2.72. The molecule has 1 saturated carbocycles. The van der Waals surface area contributed by atoms with Gasteiger partial charge in [0.1, 0.15) is 17.4 Å². The van der Waals surface area contributed by atoms with E-state index in [1.807, 2.05) is 19.9 Å². The standard InChI is InChI=1S/C26H33N5O4/c1-15-4-7-22(35-14-18-5-6-18)20(12-15)23-21-13-16(2)31(24(21)28-17(3)27-23)25(32)29-19-8-10-30(11-9-19)26(33)34/h4,7,12,16,18-19H,5-6,8-11,13-14H2,1-3H3,(H,29,32)(H,33,34). The number of nitrogens with one attached hydrogen (secondary N) is 1. The molecule has 1 atom stereocenters. The summed E-state index contributed by atoms with van der Waals surface area (Å²) in [6.07, 6.45) is 3.40. The fourth-order valence-electron chi connectivity index (χ4n) is 4.99. The summed E-state index contributed by atoms with van der Waals surface area (Å²) in [6.45, 7) is 7.50. The Morgan fingerprint density at radius 2 is 1.89 bits per heavy atom. The predicted molar refractivity (Wildman–Crippen MR) is 132 cm³/mol. The first kappa shape index (κ1) is 23.4. The van der Waals surface area contributed by atoms with Gasteiger partial charge in [-0.3, -0.25) is 4.90 Å². The number of amides is 3. The molecule has 0 spiro atoms. The molecule has 3 aliphatic rings. The molecule has 1 aliphatic carbocycles.